The Hall–Kier alpha value is -2.13. The van der Waals surface area contributed by atoms with Gasteiger partial charge in [0.1, 0.15) is 0 Å². The van der Waals surface area contributed by atoms with Gasteiger partial charge >= 0.3 is 0 Å². The number of nitro groups is 1. The highest BCUT2D eigenvalue weighted by molar-refractivity contribution is 5.47. The van der Waals surface area contributed by atoms with Crippen molar-refractivity contribution in [1.29, 1.82) is 0 Å². The molecule has 0 saturated carbocycles. The first-order valence-corrected chi connectivity index (χ1v) is 4.12. The van der Waals surface area contributed by atoms with Crippen LogP contribution in [0.4, 0.5) is 5.69 Å². The molecule has 1 N–H and O–H groups in total. The van der Waals surface area contributed by atoms with Crippen LogP contribution in [0.3, 0.4) is 0 Å². The van der Waals surface area contributed by atoms with Crippen LogP contribution in [0.25, 0.3) is 0 Å². The molecule has 0 unspecified atom stereocenters. The number of nitrogens with zero attached hydrogens (tertiary/aromatic N) is 2. The van der Waals surface area contributed by atoms with Crippen molar-refractivity contribution in [3.63, 3.8) is 0 Å². The van der Waals surface area contributed by atoms with Gasteiger partial charge in [-0.2, -0.15) is 4.73 Å². The average molecular weight is 208 g/mol. The minimum Gasteiger partial charge on any atom is -0.619 e. The van der Waals surface area contributed by atoms with E-state index in [1.165, 1.54) is 0 Å². The quantitative estimate of drug-likeness (QED) is 0.243. The van der Waals surface area contributed by atoms with E-state index < -0.39 is 4.92 Å². The Balaban J connectivity index is 3.09. The highest BCUT2D eigenvalue weighted by atomic mass is 16.6. The molecule has 0 atom stereocenters. The van der Waals surface area contributed by atoms with Gasteiger partial charge in [-0.05, 0) is 0 Å². The second kappa shape index (κ2) is 4.93. The Labute approximate surface area is 85.5 Å². The molecule has 1 aromatic rings. The van der Waals surface area contributed by atoms with E-state index in [0.717, 1.165) is 18.5 Å². The summed E-state index contributed by atoms with van der Waals surface area (Å²) in [7, 11) is 0. The van der Waals surface area contributed by atoms with Gasteiger partial charge in [0.2, 0.25) is 6.20 Å². The summed E-state index contributed by atoms with van der Waals surface area (Å²) < 4.78 is 0.440. The van der Waals surface area contributed by atoms with Gasteiger partial charge in [0.15, 0.2) is 11.8 Å². The summed E-state index contributed by atoms with van der Waals surface area (Å²) in [5.41, 5.74) is -0.168. The third-order valence-electron chi connectivity index (χ3n) is 1.57. The van der Waals surface area contributed by atoms with Gasteiger partial charge in [-0.15, -0.1) is 0 Å². The molecule has 6 heteroatoms. The maximum atomic E-state index is 10.9. The number of aromatic nitrogens is 1. The molecule has 0 aromatic carbocycles. The number of aliphatic hydroxyl groups excluding tert-OH is 1. The second-order valence-corrected chi connectivity index (χ2v) is 2.64. The predicted molar refractivity (Wildman–Crippen MR) is 50.6 cm³/mol. The maximum Gasteiger partial charge on any atom is 0.297 e. The van der Waals surface area contributed by atoms with E-state index in [1.807, 2.05) is 0 Å². The Bertz CT molecular complexity index is 433. The highest BCUT2D eigenvalue weighted by Gasteiger charge is 2.14. The summed E-state index contributed by atoms with van der Waals surface area (Å²) in [5.74, 6) is 4.98. The lowest BCUT2D eigenvalue weighted by atomic mass is 10.2. The summed E-state index contributed by atoms with van der Waals surface area (Å²) in [4.78, 5) is 9.93. The lowest BCUT2D eigenvalue weighted by Gasteiger charge is -1.96. The molecule has 15 heavy (non-hydrogen) atoms. The summed E-state index contributed by atoms with van der Waals surface area (Å²) in [6.07, 6.45) is 2.28. The topological polar surface area (TPSA) is 90.3 Å². The predicted octanol–water partition coefficient (Wildman–Crippen LogP) is -0.0379. The van der Waals surface area contributed by atoms with Crippen LogP contribution in [-0.4, -0.2) is 16.6 Å². The van der Waals surface area contributed by atoms with Crippen molar-refractivity contribution in [2.75, 3.05) is 6.61 Å². The van der Waals surface area contributed by atoms with Crippen molar-refractivity contribution in [3.8, 4) is 11.8 Å². The third kappa shape index (κ3) is 2.93. The molecule has 78 valence electrons. The van der Waals surface area contributed by atoms with E-state index in [4.69, 9.17) is 5.11 Å². The van der Waals surface area contributed by atoms with Crippen LogP contribution in [0.2, 0.25) is 0 Å². The fraction of sp³-hybridized carbons (Fsp3) is 0.222. The Kier molecular flexibility index (Phi) is 3.60. The highest BCUT2D eigenvalue weighted by Crippen LogP contribution is 2.13. The van der Waals surface area contributed by atoms with Crippen LogP contribution in [0.1, 0.15) is 12.0 Å². The number of aliphatic hydroxyl groups is 1. The van der Waals surface area contributed by atoms with Crippen LogP contribution in [-0.2, 0) is 0 Å². The summed E-state index contributed by atoms with van der Waals surface area (Å²) in [6.45, 7) is -0.120. The molecular formula is C9H8N2O4. The van der Waals surface area contributed by atoms with Crippen molar-refractivity contribution in [1.82, 2.24) is 0 Å². The molecule has 0 aliphatic heterocycles. The SMILES string of the molecule is O=[N+]([O-])c1cc[n+]([O-])cc1C#CCCO. The summed E-state index contributed by atoms with van der Waals surface area (Å²) in [5, 5.41) is 29.9. The molecule has 0 saturated heterocycles. The van der Waals surface area contributed by atoms with Crippen LogP contribution in [0, 0.1) is 27.2 Å². The summed E-state index contributed by atoms with van der Waals surface area (Å²) in [6, 6.07) is 1.09. The van der Waals surface area contributed by atoms with Crippen molar-refractivity contribution in [3.05, 3.63) is 39.3 Å². The van der Waals surface area contributed by atoms with Crippen LogP contribution in [0.5, 0.6) is 0 Å². The molecule has 0 aliphatic rings. The molecule has 0 aliphatic carbocycles. The van der Waals surface area contributed by atoms with E-state index in [2.05, 4.69) is 11.8 Å². The summed E-state index contributed by atoms with van der Waals surface area (Å²) >= 11 is 0. The van der Waals surface area contributed by atoms with E-state index >= 15 is 0 Å². The maximum absolute atomic E-state index is 10.9. The van der Waals surface area contributed by atoms with E-state index in [1.54, 1.807) is 0 Å². The standard InChI is InChI=1S/C9H8N2O4/c12-6-2-1-3-8-7-10(13)5-4-9(8)11(14)15/h4-5,7,12H,2,6H2. The van der Waals surface area contributed by atoms with Crippen LogP contribution in [0.15, 0.2) is 18.5 Å². The largest absolute Gasteiger partial charge is 0.619 e. The molecule has 0 amide bonds. The molecule has 1 aromatic heterocycles. The number of hydrogen-bond acceptors (Lipinski definition) is 4. The van der Waals surface area contributed by atoms with Crippen molar-refractivity contribution >= 4 is 5.69 Å². The Morgan fingerprint density at radius 3 is 2.93 bits per heavy atom. The number of pyridine rings is 1. The molecule has 1 rings (SSSR count). The molecule has 0 bridgehead atoms. The molecule has 6 nitrogen and oxygen atoms in total. The lowest BCUT2D eigenvalue weighted by molar-refractivity contribution is -0.606. The van der Waals surface area contributed by atoms with Gasteiger partial charge in [-0.3, -0.25) is 10.1 Å². The number of hydrogen-bond donors (Lipinski definition) is 1. The monoisotopic (exact) mass is 208 g/mol. The van der Waals surface area contributed by atoms with E-state index in [0.29, 0.717) is 4.73 Å². The fourth-order valence-corrected chi connectivity index (χ4v) is 0.939. The second-order valence-electron chi connectivity index (χ2n) is 2.64. The van der Waals surface area contributed by atoms with Crippen LogP contribution < -0.4 is 4.73 Å². The molecule has 0 radical (unpaired) electrons. The zero-order chi connectivity index (χ0) is 11.3. The van der Waals surface area contributed by atoms with Crippen molar-refractivity contribution < 1.29 is 14.8 Å². The van der Waals surface area contributed by atoms with Crippen molar-refractivity contribution in [2.24, 2.45) is 0 Å². The van der Waals surface area contributed by atoms with Gasteiger partial charge < -0.3 is 10.3 Å². The zero-order valence-electron chi connectivity index (χ0n) is 7.71. The Morgan fingerprint density at radius 1 is 1.60 bits per heavy atom. The molecule has 1 heterocycles. The first kappa shape index (κ1) is 10.9. The minimum atomic E-state index is -0.608. The van der Waals surface area contributed by atoms with E-state index in [-0.39, 0.29) is 24.3 Å². The Morgan fingerprint density at radius 2 is 2.33 bits per heavy atom. The van der Waals surface area contributed by atoms with Gasteiger partial charge in [0.25, 0.3) is 5.69 Å². The van der Waals surface area contributed by atoms with Gasteiger partial charge in [0, 0.05) is 6.42 Å². The minimum absolute atomic E-state index is 0.0472. The smallest absolute Gasteiger partial charge is 0.297 e. The first-order valence-electron chi connectivity index (χ1n) is 4.12. The zero-order valence-corrected chi connectivity index (χ0v) is 7.71. The van der Waals surface area contributed by atoms with Gasteiger partial charge in [0.05, 0.1) is 17.6 Å². The third-order valence-corrected chi connectivity index (χ3v) is 1.57. The average Bonchev–Trinajstić information content (AvgIpc) is 2.18. The first-order chi connectivity index (χ1) is 7.15. The van der Waals surface area contributed by atoms with Gasteiger partial charge in [-0.25, -0.2) is 0 Å². The molecule has 0 fully saturated rings. The van der Waals surface area contributed by atoms with Crippen molar-refractivity contribution in [2.45, 2.75) is 6.42 Å². The fourth-order valence-electron chi connectivity index (χ4n) is 0.939. The number of rotatable bonds is 2. The molecular weight excluding hydrogens is 200 g/mol. The normalized spacial score (nSPS) is 9.13. The van der Waals surface area contributed by atoms with Gasteiger partial charge in [-0.1, -0.05) is 11.8 Å². The molecule has 0 spiro atoms. The van der Waals surface area contributed by atoms with E-state index in [9.17, 15) is 15.3 Å². The van der Waals surface area contributed by atoms with Crippen LogP contribution >= 0.6 is 0 Å². The lowest BCUT2D eigenvalue weighted by Crippen LogP contribution is -2.25.